The Bertz CT molecular complexity index is 375. The maximum Gasteiger partial charge on any atom is 0.407 e. The molecule has 0 spiro atoms. The molecule has 0 bridgehead atoms. The highest BCUT2D eigenvalue weighted by atomic mass is 16.6. The van der Waals surface area contributed by atoms with Gasteiger partial charge in [0.1, 0.15) is 5.60 Å². The van der Waals surface area contributed by atoms with Gasteiger partial charge < -0.3 is 20.7 Å². The van der Waals surface area contributed by atoms with Crippen LogP contribution in [0.3, 0.4) is 0 Å². The Labute approximate surface area is 134 Å². The summed E-state index contributed by atoms with van der Waals surface area (Å²) in [6.07, 6.45) is 2.64. The average Bonchev–Trinajstić information content (AvgIpc) is 2.40. The molecule has 22 heavy (non-hydrogen) atoms. The van der Waals surface area contributed by atoms with Crippen LogP contribution in [0, 0.1) is 0 Å². The van der Waals surface area contributed by atoms with E-state index in [4.69, 9.17) is 10.5 Å². The van der Waals surface area contributed by atoms with Crippen molar-refractivity contribution in [2.24, 2.45) is 5.73 Å². The quantitative estimate of drug-likeness (QED) is 0.796. The molecule has 1 aliphatic heterocycles. The highest BCUT2D eigenvalue weighted by molar-refractivity contribution is 5.68. The summed E-state index contributed by atoms with van der Waals surface area (Å²) in [6.45, 7) is 10.1. The first-order chi connectivity index (χ1) is 10.2. The van der Waals surface area contributed by atoms with Crippen LogP contribution < -0.4 is 11.1 Å². The second-order valence-corrected chi connectivity index (χ2v) is 7.72. The smallest absolute Gasteiger partial charge is 0.407 e. The molecule has 1 aliphatic carbocycles. The minimum atomic E-state index is -0.473. The second kappa shape index (κ2) is 7.15. The van der Waals surface area contributed by atoms with Crippen molar-refractivity contribution in [1.29, 1.82) is 0 Å². The molecule has 1 heterocycles. The van der Waals surface area contributed by atoms with Crippen LogP contribution in [0.2, 0.25) is 0 Å². The molecule has 3 atom stereocenters. The van der Waals surface area contributed by atoms with Crippen LogP contribution in [-0.4, -0.2) is 72.8 Å². The summed E-state index contributed by atoms with van der Waals surface area (Å²) in [7, 11) is 2.17. The van der Waals surface area contributed by atoms with Gasteiger partial charge >= 0.3 is 6.09 Å². The van der Waals surface area contributed by atoms with E-state index in [-0.39, 0.29) is 18.2 Å². The number of carbonyl (C=O) groups excluding carboxylic acids is 1. The number of hydrogen-bond donors (Lipinski definition) is 2. The zero-order valence-corrected chi connectivity index (χ0v) is 14.5. The maximum atomic E-state index is 12.0. The lowest BCUT2D eigenvalue weighted by Gasteiger charge is -2.43. The van der Waals surface area contributed by atoms with E-state index in [1.165, 1.54) is 0 Å². The highest BCUT2D eigenvalue weighted by Gasteiger charge is 2.34. The molecule has 3 unspecified atom stereocenters. The van der Waals surface area contributed by atoms with Crippen molar-refractivity contribution in [3.63, 3.8) is 0 Å². The number of likely N-dealkylation sites (N-methyl/N-ethyl adjacent to an activating group) is 1. The Morgan fingerprint density at radius 1 is 1.18 bits per heavy atom. The molecular weight excluding hydrogens is 280 g/mol. The van der Waals surface area contributed by atoms with Gasteiger partial charge in [-0.2, -0.15) is 0 Å². The van der Waals surface area contributed by atoms with Crippen molar-refractivity contribution in [3.05, 3.63) is 0 Å². The number of nitrogens with one attached hydrogen (secondary N) is 1. The van der Waals surface area contributed by atoms with Crippen LogP contribution in [0.4, 0.5) is 4.79 Å². The molecule has 0 aromatic carbocycles. The molecule has 0 aromatic heterocycles. The van der Waals surface area contributed by atoms with E-state index in [0.29, 0.717) is 6.04 Å². The van der Waals surface area contributed by atoms with Gasteiger partial charge in [0.15, 0.2) is 0 Å². The van der Waals surface area contributed by atoms with E-state index in [2.05, 4.69) is 22.2 Å². The number of rotatable bonds is 2. The van der Waals surface area contributed by atoms with Gasteiger partial charge in [0.2, 0.25) is 0 Å². The van der Waals surface area contributed by atoms with E-state index >= 15 is 0 Å². The minimum absolute atomic E-state index is 0.00764. The Hall–Kier alpha value is -0.850. The van der Waals surface area contributed by atoms with Crippen molar-refractivity contribution < 1.29 is 9.53 Å². The average molecular weight is 312 g/mol. The first-order valence-corrected chi connectivity index (χ1v) is 8.42. The second-order valence-electron chi connectivity index (χ2n) is 7.72. The van der Waals surface area contributed by atoms with E-state index in [1.807, 2.05) is 20.8 Å². The Morgan fingerprint density at radius 2 is 1.82 bits per heavy atom. The van der Waals surface area contributed by atoms with Crippen LogP contribution >= 0.6 is 0 Å². The lowest BCUT2D eigenvalue weighted by molar-refractivity contribution is 0.0426. The summed E-state index contributed by atoms with van der Waals surface area (Å²) < 4.78 is 5.36. The number of nitrogens with zero attached hydrogens (tertiary/aromatic N) is 2. The summed E-state index contributed by atoms with van der Waals surface area (Å²) in [5.74, 6) is 0. The summed E-state index contributed by atoms with van der Waals surface area (Å²) in [5, 5.41) is 2.98. The maximum absolute atomic E-state index is 12.0. The van der Waals surface area contributed by atoms with Crippen molar-refractivity contribution >= 4 is 6.09 Å². The lowest BCUT2D eigenvalue weighted by atomic mass is 9.86. The molecule has 1 amide bonds. The van der Waals surface area contributed by atoms with Crippen LogP contribution in [0.5, 0.6) is 0 Å². The number of piperazine rings is 1. The van der Waals surface area contributed by atoms with Gasteiger partial charge in [-0.05, 0) is 47.1 Å². The number of carbonyl (C=O) groups is 1. The highest BCUT2D eigenvalue weighted by Crippen LogP contribution is 2.24. The molecule has 128 valence electrons. The molecule has 2 aliphatic rings. The van der Waals surface area contributed by atoms with E-state index in [1.54, 1.807) is 0 Å². The molecule has 6 heteroatoms. The van der Waals surface area contributed by atoms with Crippen LogP contribution in [0.15, 0.2) is 0 Å². The van der Waals surface area contributed by atoms with Gasteiger partial charge in [0, 0.05) is 44.3 Å². The summed E-state index contributed by atoms with van der Waals surface area (Å²) in [6, 6.07) is 0.554. The standard InChI is InChI=1S/C16H32N4O2/c1-16(2,3)22-15(21)18-14-11-12(5-6-13(14)17)20-9-7-19(4)8-10-20/h12-14H,5-11,17H2,1-4H3,(H,18,21). The zero-order valence-electron chi connectivity index (χ0n) is 14.5. The fourth-order valence-electron chi connectivity index (χ4n) is 3.32. The van der Waals surface area contributed by atoms with Gasteiger partial charge in [-0.3, -0.25) is 4.90 Å². The molecule has 3 N–H and O–H groups in total. The van der Waals surface area contributed by atoms with E-state index in [0.717, 1.165) is 45.4 Å². The zero-order chi connectivity index (χ0) is 16.3. The molecule has 6 nitrogen and oxygen atoms in total. The van der Waals surface area contributed by atoms with Crippen molar-refractivity contribution in [3.8, 4) is 0 Å². The molecule has 2 rings (SSSR count). The molecule has 0 aromatic rings. The first kappa shape index (κ1) is 17.5. The third-order valence-electron chi connectivity index (χ3n) is 4.63. The number of hydrogen-bond acceptors (Lipinski definition) is 5. The molecular formula is C16H32N4O2. The monoisotopic (exact) mass is 312 g/mol. The Kier molecular flexibility index (Phi) is 5.69. The number of amides is 1. The third kappa shape index (κ3) is 5.11. The lowest BCUT2D eigenvalue weighted by Crippen LogP contribution is -2.58. The molecule has 2 fully saturated rings. The normalized spacial score (nSPS) is 31.8. The van der Waals surface area contributed by atoms with Crippen LogP contribution in [0.1, 0.15) is 40.0 Å². The molecule has 1 saturated carbocycles. The predicted molar refractivity (Wildman–Crippen MR) is 87.8 cm³/mol. The topological polar surface area (TPSA) is 70.8 Å². The van der Waals surface area contributed by atoms with E-state index < -0.39 is 5.60 Å². The van der Waals surface area contributed by atoms with Crippen LogP contribution in [0.25, 0.3) is 0 Å². The summed E-state index contributed by atoms with van der Waals surface area (Å²) in [5.41, 5.74) is 5.74. The Balaban J connectivity index is 1.86. The summed E-state index contributed by atoms with van der Waals surface area (Å²) in [4.78, 5) is 16.9. The van der Waals surface area contributed by atoms with Gasteiger partial charge in [-0.25, -0.2) is 4.79 Å². The van der Waals surface area contributed by atoms with Crippen molar-refractivity contribution in [2.45, 2.75) is 63.8 Å². The first-order valence-electron chi connectivity index (χ1n) is 8.42. The van der Waals surface area contributed by atoms with Crippen molar-refractivity contribution in [1.82, 2.24) is 15.1 Å². The SMILES string of the molecule is CN1CCN(C2CCC(N)C(NC(=O)OC(C)(C)C)C2)CC1. The number of alkyl carbamates (subject to hydrolysis) is 1. The fourth-order valence-corrected chi connectivity index (χ4v) is 3.32. The van der Waals surface area contributed by atoms with Crippen LogP contribution in [-0.2, 0) is 4.74 Å². The fraction of sp³-hybridized carbons (Fsp3) is 0.938. The van der Waals surface area contributed by atoms with E-state index in [9.17, 15) is 4.79 Å². The Morgan fingerprint density at radius 3 is 2.41 bits per heavy atom. The van der Waals surface area contributed by atoms with Gasteiger partial charge in [0.05, 0.1) is 0 Å². The van der Waals surface area contributed by atoms with Gasteiger partial charge in [0.25, 0.3) is 0 Å². The van der Waals surface area contributed by atoms with Crippen molar-refractivity contribution in [2.75, 3.05) is 33.2 Å². The number of nitrogens with two attached hydrogens (primary N) is 1. The molecule has 1 saturated heterocycles. The summed E-state index contributed by atoms with van der Waals surface area (Å²) >= 11 is 0. The van der Waals surface area contributed by atoms with Gasteiger partial charge in [-0.15, -0.1) is 0 Å². The van der Waals surface area contributed by atoms with Gasteiger partial charge in [-0.1, -0.05) is 0 Å². The molecule has 0 radical (unpaired) electrons. The predicted octanol–water partition coefficient (Wildman–Crippen LogP) is 1.01. The largest absolute Gasteiger partial charge is 0.444 e. The number of ether oxygens (including phenoxy) is 1. The minimum Gasteiger partial charge on any atom is -0.444 e. The third-order valence-corrected chi connectivity index (χ3v) is 4.63.